The van der Waals surface area contributed by atoms with Gasteiger partial charge in [-0.05, 0) is 30.9 Å². The van der Waals surface area contributed by atoms with E-state index in [4.69, 9.17) is 5.21 Å². The Hall–Kier alpha value is -1.78. The van der Waals surface area contributed by atoms with Gasteiger partial charge in [0.25, 0.3) is 0 Å². The van der Waals surface area contributed by atoms with Crippen molar-refractivity contribution in [2.45, 2.75) is 25.7 Å². The van der Waals surface area contributed by atoms with Crippen LogP contribution in [0.2, 0.25) is 0 Å². The summed E-state index contributed by atoms with van der Waals surface area (Å²) in [6.45, 7) is 0.832. The second-order valence-electron chi connectivity index (χ2n) is 7.39. The summed E-state index contributed by atoms with van der Waals surface area (Å²) in [6.07, 6.45) is 3.43. The van der Waals surface area contributed by atoms with Gasteiger partial charge >= 0.3 is 0 Å². The summed E-state index contributed by atoms with van der Waals surface area (Å²) in [5.41, 5.74) is 1.84. The number of anilines is 1. The Kier molecular flexibility index (Phi) is 6.51. The highest BCUT2D eigenvalue weighted by molar-refractivity contribution is 7.89. The van der Waals surface area contributed by atoms with Crippen molar-refractivity contribution in [3.63, 3.8) is 0 Å². The third kappa shape index (κ3) is 4.61. The van der Waals surface area contributed by atoms with Gasteiger partial charge in [0.05, 0.1) is 17.4 Å². The van der Waals surface area contributed by atoms with Gasteiger partial charge in [-0.3, -0.25) is 10.0 Å². The van der Waals surface area contributed by atoms with Crippen LogP contribution < -0.4 is 10.4 Å². The quantitative estimate of drug-likeness (QED) is 0.544. The molecule has 1 aliphatic carbocycles. The first-order chi connectivity index (χ1) is 13.3. The highest BCUT2D eigenvalue weighted by Crippen LogP contribution is 2.33. The molecule has 10 heteroatoms. The smallest absolute Gasteiger partial charge is 0.247 e. The average Bonchev–Trinajstić information content (AvgIpc) is 3.20. The summed E-state index contributed by atoms with van der Waals surface area (Å²) >= 11 is 0. The third-order valence-electron chi connectivity index (χ3n) is 5.69. The SMILES string of the molecule is O=C(NO)C(CS(=O)(=O)N1CCN(c2ccc(F)cc2F)CC1)C1CCCC1. The molecule has 3 rings (SSSR count). The number of nitrogens with zero attached hydrogens (tertiary/aromatic N) is 2. The number of hydrogen-bond donors (Lipinski definition) is 2. The summed E-state index contributed by atoms with van der Waals surface area (Å²) in [6, 6.07) is 3.32. The van der Waals surface area contributed by atoms with E-state index in [1.54, 1.807) is 10.4 Å². The zero-order valence-electron chi connectivity index (χ0n) is 15.5. The van der Waals surface area contributed by atoms with Gasteiger partial charge in [-0.25, -0.2) is 22.7 Å². The molecule has 0 spiro atoms. The fourth-order valence-electron chi connectivity index (χ4n) is 4.15. The van der Waals surface area contributed by atoms with Gasteiger partial charge in [0, 0.05) is 32.2 Å². The molecular formula is C18H25F2N3O4S. The number of halogens is 2. The van der Waals surface area contributed by atoms with Crippen LogP contribution >= 0.6 is 0 Å². The topological polar surface area (TPSA) is 89.9 Å². The molecule has 1 atom stereocenters. The van der Waals surface area contributed by atoms with E-state index in [1.807, 2.05) is 0 Å². The van der Waals surface area contributed by atoms with Crippen LogP contribution in [0.1, 0.15) is 25.7 Å². The van der Waals surface area contributed by atoms with E-state index in [9.17, 15) is 22.0 Å². The molecule has 1 amide bonds. The minimum absolute atomic E-state index is 0.0588. The lowest BCUT2D eigenvalue weighted by atomic mass is 9.92. The van der Waals surface area contributed by atoms with E-state index < -0.39 is 33.5 Å². The number of carbonyl (C=O) groups is 1. The van der Waals surface area contributed by atoms with E-state index in [0.29, 0.717) is 0 Å². The molecule has 2 N–H and O–H groups in total. The van der Waals surface area contributed by atoms with Gasteiger partial charge in [0.2, 0.25) is 15.9 Å². The molecule has 0 bridgehead atoms. The van der Waals surface area contributed by atoms with Crippen LogP contribution in [0.25, 0.3) is 0 Å². The first kappa shape index (κ1) is 20.9. The maximum Gasteiger partial charge on any atom is 0.247 e. The van der Waals surface area contributed by atoms with Crippen LogP contribution in [-0.4, -0.2) is 55.8 Å². The fraction of sp³-hybridized carbons (Fsp3) is 0.611. The Morgan fingerprint density at radius 2 is 1.82 bits per heavy atom. The van der Waals surface area contributed by atoms with Gasteiger partial charge in [0.15, 0.2) is 0 Å². The molecule has 0 aromatic heterocycles. The molecule has 28 heavy (non-hydrogen) atoms. The van der Waals surface area contributed by atoms with Crippen molar-refractivity contribution in [1.29, 1.82) is 0 Å². The minimum Gasteiger partial charge on any atom is -0.367 e. The summed E-state index contributed by atoms with van der Waals surface area (Å²) in [5, 5.41) is 9.00. The summed E-state index contributed by atoms with van der Waals surface area (Å²) in [5.74, 6) is -3.21. The number of piperazine rings is 1. The number of nitrogens with one attached hydrogen (secondary N) is 1. The van der Waals surface area contributed by atoms with E-state index in [2.05, 4.69) is 0 Å². The lowest BCUT2D eigenvalue weighted by Crippen LogP contribution is -2.51. The van der Waals surface area contributed by atoms with Crippen molar-refractivity contribution in [3.8, 4) is 0 Å². The Morgan fingerprint density at radius 1 is 1.18 bits per heavy atom. The molecule has 7 nitrogen and oxygen atoms in total. The monoisotopic (exact) mass is 417 g/mol. The molecule has 1 saturated carbocycles. The fourth-order valence-corrected chi connectivity index (χ4v) is 5.95. The van der Waals surface area contributed by atoms with Crippen LogP contribution in [0, 0.1) is 23.5 Å². The Labute approximate surface area is 163 Å². The van der Waals surface area contributed by atoms with Gasteiger partial charge < -0.3 is 4.90 Å². The summed E-state index contributed by atoms with van der Waals surface area (Å²) in [4.78, 5) is 13.7. The van der Waals surface area contributed by atoms with Gasteiger partial charge in [-0.15, -0.1) is 0 Å². The molecule has 1 aromatic rings. The van der Waals surface area contributed by atoms with Crippen LogP contribution in [0.3, 0.4) is 0 Å². The van der Waals surface area contributed by atoms with Crippen molar-refractivity contribution < 1.29 is 27.2 Å². The number of hydrogen-bond acceptors (Lipinski definition) is 5. The molecule has 1 aromatic carbocycles. The van der Waals surface area contributed by atoms with Gasteiger partial charge in [0.1, 0.15) is 11.6 Å². The Balaban J connectivity index is 1.65. The molecule has 156 valence electrons. The summed E-state index contributed by atoms with van der Waals surface area (Å²) < 4.78 is 54.0. The van der Waals surface area contributed by atoms with Crippen LogP contribution in [-0.2, 0) is 14.8 Å². The first-order valence-electron chi connectivity index (χ1n) is 9.43. The van der Waals surface area contributed by atoms with Crippen LogP contribution in [0.5, 0.6) is 0 Å². The minimum atomic E-state index is -3.72. The second-order valence-corrected chi connectivity index (χ2v) is 9.40. The highest BCUT2D eigenvalue weighted by Gasteiger charge is 2.37. The molecule has 1 unspecified atom stereocenters. The molecule has 1 saturated heterocycles. The normalized spacial score (nSPS) is 20.3. The first-order valence-corrected chi connectivity index (χ1v) is 11.0. The number of benzene rings is 1. The number of sulfonamides is 1. The number of amides is 1. The molecule has 0 radical (unpaired) electrons. The molecule has 1 aliphatic heterocycles. The standard InChI is InChI=1S/C18H25F2N3O4S/c19-14-5-6-17(16(20)11-14)22-7-9-23(10-8-22)28(26,27)12-15(18(24)21-25)13-3-1-2-4-13/h5-6,11,13,15,25H,1-4,7-10,12H2,(H,21,24). The van der Waals surface area contributed by atoms with Gasteiger partial charge in [-0.2, -0.15) is 4.31 Å². The van der Waals surface area contributed by atoms with E-state index in [1.165, 1.54) is 16.4 Å². The Morgan fingerprint density at radius 3 is 2.39 bits per heavy atom. The van der Waals surface area contributed by atoms with Crippen LogP contribution in [0.4, 0.5) is 14.5 Å². The molecule has 2 aliphatic rings. The van der Waals surface area contributed by atoms with E-state index >= 15 is 0 Å². The van der Waals surface area contributed by atoms with Crippen molar-refractivity contribution in [1.82, 2.24) is 9.79 Å². The maximum absolute atomic E-state index is 14.0. The maximum atomic E-state index is 14.0. The third-order valence-corrected chi connectivity index (χ3v) is 7.62. The van der Waals surface area contributed by atoms with Crippen molar-refractivity contribution in [2.75, 3.05) is 36.8 Å². The van der Waals surface area contributed by atoms with Crippen LogP contribution in [0.15, 0.2) is 18.2 Å². The van der Waals surface area contributed by atoms with Crippen molar-refractivity contribution in [2.24, 2.45) is 11.8 Å². The summed E-state index contributed by atoms with van der Waals surface area (Å²) in [7, 11) is -3.72. The lowest BCUT2D eigenvalue weighted by Gasteiger charge is -2.36. The average molecular weight is 417 g/mol. The molecule has 2 fully saturated rings. The number of hydroxylamine groups is 1. The predicted octanol–water partition coefficient (Wildman–Crippen LogP) is 1.73. The van der Waals surface area contributed by atoms with Gasteiger partial charge in [-0.1, -0.05) is 12.8 Å². The Bertz CT molecular complexity index is 807. The van der Waals surface area contributed by atoms with E-state index in [0.717, 1.165) is 31.7 Å². The highest BCUT2D eigenvalue weighted by atomic mass is 32.2. The zero-order chi connectivity index (χ0) is 20.3. The molecule has 1 heterocycles. The predicted molar refractivity (Wildman–Crippen MR) is 99.3 cm³/mol. The lowest BCUT2D eigenvalue weighted by molar-refractivity contribution is -0.134. The zero-order valence-corrected chi connectivity index (χ0v) is 16.3. The number of rotatable bonds is 6. The van der Waals surface area contributed by atoms with Crippen molar-refractivity contribution in [3.05, 3.63) is 29.8 Å². The molecular weight excluding hydrogens is 392 g/mol. The van der Waals surface area contributed by atoms with E-state index in [-0.39, 0.29) is 43.5 Å². The largest absolute Gasteiger partial charge is 0.367 e. The number of carbonyl (C=O) groups excluding carboxylic acids is 1. The van der Waals surface area contributed by atoms with Crippen molar-refractivity contribution >= 4 is 21.6 Å². The second kappa shape index (κ2) is 8.71.